The number of hydrogen-bond acceptors (Lipinski definition) is 1. The summed E-state index contributed by atoms with van der Waals surface area (Å²) in [6, 6.07) is 0. The molecule has 0 N–H and O–H groups in total. The Morgan fingerprint density at radius 2 is 1.90 bits per heavy atom. The van der Waals surface area contributed by atoms with Crippen LogP contribution >= 0.6 is 22.6 Å². The van der Waals surface area contributed by atoms with Gasteiger partial charge in [0.25, 0.3) is 0 Å². The monoisotopic (exact) mass is 402 g/mol. The lowest BCUT2D eigenvalue weighted by Crippen LogP contribution is -2.34. The number of rotatable bonds is 4. The molecule has 1 nitrogen and oxygen atoms in total. The largest absolute Gasteiger partial charge is 0.368 e. The van der Waals surface area contributed by atoms with Gasteiger partial charge in [-0.15, -0.1) is 0 Å². The molecule has 2 rings (SSSR count). The molecule has 1 atom stereocenters. The van der Waals surface area contributed by atoms with Crippen molar-refractivity contribution in [3.8, 4) is 0 Å². The molecule has 0 radical (unpaired) electrons. The van der Waals surface area contributed by atoms with Crippen molar-refractivity contribution in [3.63, 3.8) is 0 Å². The Bertz CT molecular complexity index is 375. The lowest BCUT2D eigenvalue weighted by atomic mass is 9.86. The summed E-state index contributed by atoms with van der Waals surface area (Å²) in [7, 11) is 0. The van der Waals surface area contributed by atoms with Crippen LogP contribution in [0.4, 0.5) is 0 Å². The molecule has 1 saturated carbocycles. The first-order valence-corrected chi connectivity index (χ1v) is 9.86. The van der Waals surface area contributed by atoms with Gasteiger partial charge >= 0.3 is 0 Å². The van der Waals surface area contributed by atoms with Crippen molar-refractivity contribution in [2.24, 2.45) is 5.92 Å². The third-order valence-electron chi connectivity index (χ3n) is 4.86. The summed E-state index contributed by atoms with van der Waals surface area (Å²) in [5.41, 5.74) is 1.46. The van der Waals surface area contributed by atoms with Crippen LogP contribution in [-0.4, -0.2) is 15.6 Å². The molecule has 120 valence electrons. The summed E-state index contributed by atoms with van der Waals surface area (Å²) in [5, 5.41) is 0. The van der Waals surface area contributed by atoms with Crippen molar-refractivity contribution in [2.45, 2.75) is 87.8 Å². The zero-order valence-electron chi connectivity index (χ0n) is 13.9. The van der Waals surface area contributed by atoms with Gasteiger partial charge in [-0.25, -0.2) is 0 Å². The van der Waals surface area contributed by atoms with E-state index in [1.165, 1.54) is 56.9 Å². The van der Waals surface area contributed by atoms with Gasteiger partial charge in [0, 0.05) is 3.92 Å². The summed E-state index contributed by atoms with van der Waals surface area (Å²) < 4.78 is 7.04. The predicted molar refractivity (Wildman–Crippen MR) is 100 cm³/mol. The van der Waals surface area contributed by atoms with Crippen LogP contribution in [0.25, 0.3) is 0 Å². The third-order valence-corrected chi connectivity index (χ3v) is 6.11. The van der Waals surface area contributed by atoms with E-state index >= 15 is 0 Å². The number of alkyl halides is 1. The van der Waals surface area contributed by atoms with E-state index in [0.29, 0.717) is 6.10 Å². The van der Waals surface area contributed by atoms with Crippen LogP contribution in [0.15, 0.2) is 23.8 Å². The van der Waals surface area contributed by atoms with Crippen molar-refractivity contribution >= 4 is 22.6 Å². The molecule has 1 aliphatic heterocycles. The van der Waals surface area contributed by atoms with E-state index in [1.54, 1.807) is 0 Å². The molecule has 0 unspecified atom stereocenters. The Labute approximate surface area is 144 Å². The van der Waals surface area contributed by atoms with E-state index in [9.17, 15) is 0 Å². The molecule has 0 bridgehead atoms. The van der Waals surface area contributed by atoms with Crippen LogP contribution in [0, 0.1) is 5.92 Å². The maximum absolute atomic E-state index is 6.12. The van der Waals surface area contributed by atoms with E-state index < -0.39 is 0 Å². The van der Waals surface area contributed by atoms with Gasteiger partial charge in [0.15, 0.2) is 0 Å². The zero-order chi connectivity index (χ0) is 15.3. The van der Waals surface area contributed by atoms with Crippen LogP contribution in [-0.2, 0) is 4.74 Å². The maximum Gasteiger partial charge on any atom is 0.0766 e. The molecule has 1 saturated heterocycles. The molecule has 0 aromatic carbocycles. The van der Waals surface area contributed by atoms with Crippen molar-refractivity contribution < 1.29 is 4.74 Å². The summed E-state index contributed by atoms with van der Waals surface area (Å²) in [5.74, 6) is 0.921. The van der Waals surface area contributed by atoms with Gasteiger partial charge in [0.2, 0.25) is 0 Å². The van der Waals surface area contributed by atoms with Crippen molar-refractivity contribution in [1.82, 2.24) is 0 Å². The van der Waals surface area contributed by atoms with E-state index in [-0.39, 0.29) is 5.60 Å². The van der Waals surface area contributed by atoms with Crippen LogP contribution in [0.3, 0.4) is 0 Å². The highest BCUT2D eigenvalue weighted by Crippen LogP contribution is 2.31. The SMILES string of the molecule is CC(/C=C/[C@@H]1CCCC(C)(C)O1)=C\CC1CCC(I)CC1. The average molecular weight is 402 g/mol. The number of halogens is 1. The van der Waals surface area contributed by atoms with Gasteiger partial charge in [-0.2, -0.15) is 0 Å². The molecule has 0 amide bonds. The second-order valence-corrected chi connectivity index (χ2v) is 9.23. The second-order valence-electron chi connectivity index (χ2n) is 7.47. The van der Waals surface area contributed by atoms with Gasteiger partial charge in [-0.1, -0.05) is 46.4 Å². The highest BCUT2D eigenvalue weighted by molar-refractivity contribution is 14.1. The minimum Gasteiger partial charge on any atom is -0.368 e. The molecule has 0 aromatic rings. The molecule has 0 spiro atoms. The van der Waals surface area contributed by atoms with Gasteiger partial charge in [0.05, 0.1) is 11.7 Å². The summed E-state index contributed by atoms with van der Waals surface area (Å²) in [6.07, 6.45) is 17.9. The molecule has 2 aliphatic rings. The molecule has 2 fully saturated rings. The fourth-order valence-electron chi connectivity index (χ4n) is 3.43. The Hall–Kier alpha value is 0.170. The Balaban J connectivity index is 1.76. The maximum atomic E-state index is 6.12. The number of allylic oxidation sites excluding steroid dienone is 3. The van der Waals surface area contributed by atoms with Crippen LogP contribution in [0.5, 0.6) is 0 Å². The Morgan fingerprint density at radius 3 is 2.57 bits per heavy atom. The average Bonchev–Trinajstić information content (AvgIpc) is 2.43. The fourth-order valence-corrected chi connectivity index (χ4v) is 4.15. The summed E-state index contributed by atoms with van der Waals surface area (Å²) >= 11 is 2.61. The minimum absolute atomic E-state index is 0.0585. The standard InChI is InChI=1S/C19H31IO/c1-15(6-8-16-9-11-17(20)12-10-16)7-13-18-5-4-14-19(2,3)21-18/h6-7,13,16-18H,4-5,8-12,14H2,1-3H3/b13-7+,15-6+/t16?,17?,18-/m0/s1. The van der Waals surface area contributed by atoms with E-state index in [1.807, 2.05) is 0 Å². The van der Waals surface area contributed by atoms with Crippen molar-refractivity contribution in [2.75, 3.05) is 0 Å². The minimum atomic E-state index is 0.0585. The normalized spacial score (nSPS) is 34.3. The van der Waals surface area contributed by atoms with E-state index in [4.69, 9.17) is 4.74 Å². The molecule has 1 aliphatic carbocycles. The van der Waals surface area contributed by atoms with Gasteiger partial charge in [-0.05, 0) is 78.1 Å². The topological polar surface area (TPSA) is 9.23 Å². The summed E-state index contributed by atoms with van der Waals surface area (Å²) in [6.45, 7) is 6.65. The summed E-state index contributed by atoms with van der Waals surface area (Å²) in [4.78, 5) is 0. The highest BCUT2D eigenvalue weighted by atomic mass is 127. The fraction of sp³-hybridized carbons (Fsp3) is 0.789. The lowest BCUT2D eigenvalue weighted by Gasteiger charge is -2.34. The smallest absolute Gasteiger partial charge is 0.0766 e. The highest BCUT2D eigenvalue weighted by Gasteiger charge is 2.26. The molecule has 0 aromatic heterocycles. The lowest BCUT2D eigenvalue weighted by molar-refractivity contribution is -0.0858. The molecule has 21 heavy (non-hydrogen) atoms. The Morgan fingerprint density at radius 1 is 1.19 bits per heavy atom. The zero-order valence-corrected chi connectivity index (χ0v) is 16.1. The van der Waals surface area contributed by atoms with E-state index in [2.05, 4.69) is 61.6 Å². The van der Waals surface area contributed by atoms with Crippen LogP contribution < -0.4 is 0 Å². The van der Waals surface area contributed by atoms with Gasteiger partial charge in [-0.3, -0.25) is 0 Å². The number of ether oxygens (including phenoxy) is 1. The van der Waals surface area contributed by atoms with Gasteiger partial charge in [0.1, 0.15) is 0 Å². The number of hydrogen-bond donors (Lipinski definition) is 0. The molecule has 1 heterocycles. The molecular formula is C19H31IO. The predicted octanol–water partition coefficient (Wildman–Crippen LogP) is 6.22. The first kappa shape index (κ1) is 17.5. The Kier molecular flexibility index (Phi) is 6.79. The van der Waals surface area contributed by atoms with Crippen LogP contribution in [0.2, 0.25) is 0 Å². The quantitative estimate of drug-likeness (QED) is 0.308. The van der Waals surface area contributed by atoms with E-state index in [0.717, 1.165) is 9.84 Å². The van der Waals surface area contributed by atoms with Crippen molar-refractivity contribution in [1.29, 1.82) is 0 Å². The first-order chi connectivity index (χ1) is 9.94. The molecular weight excluding hydrogens is 371 g/mol. The van der Waals surface area contributed by atoms with Gasteiger partial charge < -0.3 is 4.74 Å². The first-order valence-electron chi connectivity index (χ1n) is 8.61. The second kappa shape index (κ2) is 8.14. The van der Waals surface area contributed by atoms with Crippen molar-refractivity contribution in [3.05, 3.63) is 23.8 Å². The molecule has 2 heteroatoms. The van der Waals surface area contributed by atoms with Crippen LogP contribution in [0.1, 0.15) is 72.1 Å². The third kappa shape index (κ3) is 6.43.